The smallest absolute Gasteiger partial charge is 0.317 e. The Balaban J connectivity index is 1.56. The zero-order valence-electron chi connectivity index (χ0n) is 12.7. The summed E-state index contributed by atoms with van der Waals surface area (Å²) in [4.78, 5) is 20.5. The van der Waals surface area contributed by atoms with E-state index in [4.69, 9.17) is 4.52 Å². The van der Waals surface area contributed by atoms with E-state index in [1.165, 1.54) is 0 Å². The third-order valence-corrected chi connectivity index (χ3v) is 4.53. The molecule has 0 spiro atoms. The van der Waals surface area contributed by atoms with Crippen LogP contribution in [0, 0.1) is 0 Å². The first kappa shape index (κ1) is 14.3. The van der Waals surface area contributed by atoms with Crippen molar-refractivity contribution in [2.75, 3.05) is 26.2 Å². The molecule has 1 aromatic heterocycles. The molecule has 21 heavy (non-hydrogen) atoms. The number of likely N-dealkylation sites (tertiary alicyclic amines) is 1. The van der Waals surface area contributed by atoms with Crippen molar-refractivity contribution in [3.8, 4) is 0 Å². The van der Waals surface area contributed by atoms with E-state index in [0.717, 1.165) is 51.3 Å². The molecule has 0 aliphatic carbocycles. The summed E-state index contributed by atoms with van der Waals surface area (Å²) in [5, 5.41) is 6.84. The topological polar surface area (TPSA) is 74.5 Å². The van der Waals surface area contributed by atoms with E-state index < -0.39 is 0 Å². The van der Waals surface area contributed by atoms with E-state index >= 15 is 0 Å². The Morgan fingerprint density at radius 3 is 2.71 bits per heavy atom. The van der Waals surface area contributed by atoms with E-state index in [1.54, 1.807) is 0 Å². The highest BCUT2D eigenvalue weighted by Gasteiger charge is 2.33. The van der Waals surface area contributed by atoms with Crippen molar-refractivity contribution < 1.29 is 9.32 Å². The van der Waals surface area contributed by atoms with Gasteiger partial charge in [0.25, 0.3) is 0 Å². The lowest BCUT2D eigenvalue weighted by Crippen LogP contribution is -2.46. The maximum atomic E-state index is 11.7. The number of rotatable bonds is 4. The molecule has 2 aliphatic rings. The average Bonchev–Trinajstić information content (AvgIpc) is 3.15. The van der Waals surface area contributed by atoms with Crippen LogP contribution in [0.2, 0.25) is 0 Å². The SMILES string of the molecule is CCc1noc([C@H](C)N2CCC(N3CCNC3=O)CC2)n1. The fourth-order valence-electron chi connectivity index (χ4n) is 3.16. The van der Waals surface area contributed by atoms with Crippen LogP contribution in [0.4, 0.5) is 4.79 Å². The van der Waals surface area contributed by atoms with Crippen molar-refractivity contribution in [2.45, 2.75) is 45.2 Å². The van der Waals surface area contributed by atoms with Gasteiger partial charge in [0.15, 0.2) is 5.82 Å². The summed E-state index contributed by atoms with van der Waals surface area (Å²) < 4.78 is 5.34. The minimum atomic E-state index is 0.0889. The second-order valence-electron chi connectivity index (χ2n) is 5.77. The van der Waals surface area contributed by atoms with Crippen LogP contribution in [-0.4, -0.2) is 58.2 Å². The third kappa shape index (κ3) is 2.88. The minimum absolute atomic E-state index is 0.0889. The van der Waals surface area contributed by atoms with Gasteiger partial charge >= 0.3 is 6.03 Å². The number of aryl methyl sites for hydroxylation is 1. The van der Waals surface area contributed by atoms with Crippen molar-refractivity contribution in [3.05, 3.63) is 11.7 Å². The van der Waals surface area contributed by atoms with Crippen LogP contribution in [-0.2, 0) is 6.42 Å². The summed E-state index contributed by atoms with van der Waals surface area (Å²) in [6.07, 6.45) is 2.81. The molecule has 0 unspecified atom stereocenters. The first-order valence-electron chi connectivity index (χ1n) is 7.80. The fraction of sp³-hybridized carbons (Fsp3) is 0.786. The Morgan fingerprint density at radius 1 is 1.38 bits per heavy atom. The third-order valence-electron chi connectivity index (χ3n) is 4.53. The molecule has 0 radical (unpaired) electrons. The highest BCUT2D eigenvalue weighted by Crippen LogP contribution is 2.25. The van der Waals surface area contributed by atoms with E-state index in [0.29, 0.717) is 11.9 Å². The molecule has 0 saturated carbocycles. The summed E-state index contributed by atoms with van der Waals surface area (Å²) in [5.41, 5.74) is 0. The summed E-state index contributed by atoms with van der Waals surface area (Å²) >= 11 is 0. The highest BCUT2D eigenvalue weighted by molar-refractivity contribution is 5.76. The summed E-state index contributed by atoms with van der Waals surface area (Å²) in [6, 6.07) is 0.599. The number of hydrogen-bond donors (Lipinski definition) is 1. The molecule has 116 valence electrons. The Morgan fingerprint density at radius 2 is 2.14 bits per heavy atom. The minimum Gasteiger partial charge on any atom is -0.338 e. The van der Waals surface area contributed by atoms with Crippen molar-refractivity contribution in [1.29, 1.82) is 0 Å². The van der Waals surface area contributed by atoms with Gasteiger partial charge in [0.1, 0.15) is 0 Å². The monoisotopic (exact) mass is 293 g/mol. The normalized spacial score (nSPS) is 22.6. The summed E-state index contributed by atoms with van der Waals surface area (Å²) in [7, 11) is 0. The van der Waals surface area contributed by atoms with E-state index in [9.17, 15) is 4.79 Å². The van der Waals surface area contributed by atoms with E-state index in [1.807, 2.05) is 11.8 Å². The predicted molar refractivity (Wildman–Crippen MR) is 76.8 cm³/mol. The van der Waals surface area contributed by atoms with Gasteiger partial charge in [0, 0.05) is 38.6 Å². The predicted octanol–water partition coefficient (Wildman–Crippen LogP) is 1.18. The molecular formula is C14H23N5O2. The second-order valence-corrected chi connectivity index (χ2v) is 5.77. The average molecular weight is 293 g/mol. The van der Waals surface area contributed by atoms with Gasteiger partial charge in [-0.25, -0.2) is 4.79 Å². The maximum Gasteiger partial charge on any atom is 0.317 e. The van der Waals surface area contributed by atoms with Gasteiger partial charge in [0.2, 0.25) is 5.89 Å². The molecule has 3 heterocycles. The van der Waals surface area contributed by atoms with Crippen LogP contribution >= 0.6 is 0 Å². The zero-order valence-corrected chi connectivity index (χ0v) is 12.7. The Kier molecular flexibility index (Phi) is 4.10. The summed E-state index contributed by atoms with van der Waals surface area (Å²) in [5.74, 6) is 1.46. The standard InChI is InChI=1S/C14H23N5O2/c1-3-12-16-13(21-17-12)10(2)18-7-4-11(5-8-18)19-9-6-15-14(19)20/h10-11H,3-9H2,1-2H3,(H,15,20)/t10-/m0/s1. The van der Waals surface area contributed by atoms with Crippen LogP contribution in [0.1, 0.15) is 44.4 Å². The number of urea groups is 1. The quantitative estimate of drug-likeness (QED) is 0.902. The molecule has 7 heteroatoms. The molecule has 0 aromatic carbocycles. The van der Waals surface area contributed by atoms with Gasteiger partial charge in [-0.1, -0.05) is 12.1 Å². The largest absolute Gasteiger partial charge is 0.338 e. The molecule has 2 aliphatic heterocycles. The lowest BCUT2D eigenvalue weighted by atomic mass is 10.0. The van der Waals surface area contributed by atoms with Gasteiger partial charge in [0.05, 0.1) is 6.04 Å². The number of carbonyl (C=O) groups is 1. The van der Waals surface area contributed by atoms with Crippen LogP contribution in [0.3, 0.4) is 0 Å². The zero-order chi connectivity index (χ0) is 14.8. The number of nitrogens with zero attached hydrogens (tertiary/aromatic N) is 4. The number of aromatic nitrogens is 2. The van der Waals surface area contributed by atoms with Gasteiger partial charge < -0.3 is 14.7 Å². The van der Waals surface area contributed by atoms with Crippen molar-refractivity contribution in [2.24, 2.45) is 0 Å². The van der Waals surface area contributed by atoms with Crippen molar-refractivity contribution in [1.82, 2.24) is 25.3 Å². The molecule has 1 N–H and O–H groups in total. The van der Waals surface area contributed by atoms with Crippen LogP contribution in [0.5, 0.6) is 0 Å². The van der Waals surface area contributed by atoms with Gasteiger partial charge in [-0.2, -0.15) is 4.98 Å². The molecular weight excluding hydrogens is 270 g/mol. The van der Waals surface area contributed by atoms with Crippen LogP contribution in [0.15, 0.2) is 4.52 Å². The molecule has 2 fully saturated rings. The molecule has 7 nitrogen and oxygen atoms in total. The first-order chi connectivity index (χ1) is 10.2. The molecule has 2 amide bonds. The fourth-order valence-corrected chi connectivity index (χ4v) is 3.16. The highest BCUT2D eigenvalue weighted by atomic mass is 16.5. The Hall–Kier alpha value is -1.63. The lowest BCUT2D eigenvalue weighted by Gasteiger charge is -2.37. The molecule has 3 rings (SSSR count). The number of hydrogen-bond acceptors (Lipinski definition) is 5. The van der Waals surface area contributed by atoms with Crippen LogP contribution in [0.25, 0.3) is 0 Å². The van der Waals surface area contributed by atoms with Crippen LogP contribution < -0.4 is 5.32 Å². The van der Waals surface area contributed by atoms with E-state index in [-0.39, 0.29) is 12.1 Å². The van der Waals surface area contributed by atoms with Gasteiger partial charge in [-0.05, 0) is 19.8 Å². The van der Waals surface area contributed by atoms with Crippen molar-refractivity contribution in [3.63, 3.8) is 0 Å². The number of piperidine rings is 1. The lowest BCUT2D eigenvalue weighted by molar-refractivity contribution is 0.0981. The second kappa shape index (κ2) is 6.01. The molecule has 0 bridgehead atoms. The van der Waals surface area contributed by atoms with Gasteiger partial charge in [-0.15, -0.1) is 0 Å². The number of nitrogens with one attached hydrogen (secondary N) is 1. The van der Waals surface area contributed by atoms with Crippen molar-refractivity contribution >= 4 is 6.03 Å². The van der Waals surface area contributed by atoms with Gasteiger partial charge in [-0.3, -0.25) is 4.90 Å². The Labute approximate surface area is 124 Å². The molecule has 2 saturated heterocycles. The molecule has 1 aromatic rings. The number of carbonyl (C=O) groups excluding carboxylic acids is 1. The van der Waals surface area contributed by atoms with E-state index in [2.05, 4.69) is 27.3 Å². The Bertz CT molecular complexity index is 495. The molecule has 1 atom stereocenters. The number of amides is 2. The maximum absolute atomic E-state index is 11.7. The first-order valence-corrected chi connectivity index (χ1v) is 7.80. The summed E-state index contributed by atoms with van der Waals surface area (Å²) in [6.45, 7) is 7.65.